The van der Waals surface area contributed by atoms with Gasteiger partial charge in [0.2, 0.25) is 0 Å². The highest BCUT2D eigenvalue weighted by Crippen LogP contribution is 2.28. The first kappa shape index (κ1) is 67.1. The van der Waals surface area contributed by atoms with E-state index in [1.807, 2.05) is 0 Å². The van der Waals surface area contributed by atoms with Gasteiger partial charge in [-0.05, 0) is 125 Å². The molecule has 6 fully saturated rings. The molecule has 0 spiro atoms. The molecule has 0 aromatic rings. The molecule has 0 N–H and O–H groups in total. The van der Waals surface area contributed by atoms with Crippen LogP contribution in [-0.2, 0) is 0 Å². The fourth-order valence-corrected chi connectivity index (χ4v) is 14.8. The number of rotatable bonds is 0. The molecule has 12 heterocycles. The minimum atomic E-state index is 0.250. The lowest BCUT2D eigenvalue weighted by atomic mass is 10.0. The Labute approximate surface area is 515 Å². The summed E-state index contributed by atoms with van der Waals surface area (Å²) in [4.78, 5) is 30.4. The van der Waals surface area contributed by atoms with Crippen LogP contribution < -0.4 is 0 Å². The standard InChI is InChI=1S/2C12H24N3.2C11H22N3.2C10H20N3/c2*1-12(2,3)15-10-6-9-14-8-5-7-13(4)11(14)15;2*1-11(2,3)14-7-5-6-13-9-8-12(4)10(13)14;2*1-10(2,3)13-8-7-12-6-5-11(4)9(12)13/h2*5-10H2,1-4H3;2*5-9H2,1-4H3;2*5-8H2,1-4H3/q6*+1. The molecule has 12 rings (SSSR count). The van der Waals surface area contributed by atoms with Crippen molar-refractivity contribution >= 4 is 35.8 Å². The Balaban J connectivity index is 0.000000145. The lowest BCUT2D eigenvalue weighted by Crippen LogP contribution is -2.61. The highest BCUT2D eigenvalue weighted by Gasteiger charge is 2.48. The second kappa shape index (κ2) is 26.5. The number of guanidine groups is 6. The molecular formula is C66H132N18+6. The summed E-state index contributed by atoms with van der Waals surface area (Å²) in [6.07, 6.45) is 7.81. The molecule has 12 aliphatic heterocycles. The smallest absolute Gasteiger partial charge is 0.267 e. The van der Waals surface area contributed by atoms with Gasteiger partial charge < -0.3 is 0 Å². The fourth-order valence-electron chi connectivity index (χ4n) is 14.8. The van der Waals surface area contributed by atoms with E-state index in [1.54, 1.807) is 0 Å². The molecule has 0 aromatic carbocycles. The molecule has 0 unspecified atom stereocenters. The predicted molar refractivity (Wildman–Crippen MR) is 352 cm³/mol. The second-order valence-corrected chi connectivity index (χ2v) is 32.3. The van der Waals surface area contributed by atoms with Gasteiger partial charge in [-0.2, -0.15) is 0 Å². The van der Waals surface area contributed by atoms with E-state index in [2.05, 4.69) is 253 Å². The highest BCUT2D eigenvalue weighted by molar-refractivity contribution is 5.81. The Morgan fingerprint density at radius 2 is 0.357 bits per heavy atom. The molecule has 12 aliphatic rings. The first-order valence-corrected chi connectivity index (χ1v) is 33.6. The van der Waals surface area contributed by atoms with Crippen molar-refractivity contribution in [1.29, 1.82) is 0 Å². The lowest BCUT2D eigenvalue weighted by Gasteiger charge is -2.42. The minimum absolute atomic E-state index is 0.250. The number of hydrogen-bond donors (Lipinski definition) is 0. The van der Waals surface area contributed by atoms with E-state index in [4.69, 9.17) is 0 Å². The molecule has 0 amide bonds. The first-order chi connectivity index (χ1) is 39.0. The Bertz CT molecular complexity index is 2270. The van der Waals surface area contributed by atoms with E-state index in [-0.39, 0.29) is 33.2 Å². The third-order valence-electron chi connectivity index (χ3n) is 19.1. The van der Waals surface area contributed by atoms with Crippen LogP contribution in [0.1, 0.15) is 163 Å². The third-order valence-corrected chi connectivity index (χ3v) is 19.1. The van der Waals surface area contributed by atoms with E-state index in [1.165, 1.54) is 231 Å². The van der Waals surface area contributed by atoms with Crippen LogP contribution in [0.2, 0.25) is 0 Å². The summed E-state index contributed by atoms with van der Waals surface area (Å²) >= 11 is 0. The van der Waals surface area contributed by atoms with Crippen LogP contribution in [0.5, 0.6) is 0 Å². The molecule has 6 saturated heterocycles. The molecule has 0 radical (unpaired) electrons. The van der Waals surface area contributed by atoms with Gasteiger partial charge in [-0.1, -0.05) is 0 Å². The van der Waals surface area contributed by atoms with E-state index in [9.17, 15) is 0 Å². The number of nitrogens with zero attached hydrogens (tertiary/aromatic N) is 18. The van der Waals surface area contributed by atoms with Gasteiger partial charge in [-0.15, -0.1) is 0 Å². The molecule has 0 saturated carbocycles. The SMILES string of the molecule is C[N+]1=C2N(CCCN2C(C)(C)C)CC1.C[N+]1=C2N(CCCN2C(C)(C)C)CC1.C[N+]1=C2N(CCCN2C(C)(C)C)CCC1.C[N+]1=C2N(CCCN2C(C)(C)C)CCC1.C[N+]1=C2N(CCN2C(C)(C)C)CC1.C[N+]1=C2N(CCN2C(C)(C)C)CC1. The third kappa shape index (κ3) is 15.8. The van der Waals surface area contributed by atoms with Crippen LogP contribution in [0.25, 0.3) is 0 Å². The van der Waals surface area contributed by atoms with Gasteiger partial charge in [0.05, 0.1) is 233 Å². The normalized spacial score (nSPS) is 23.1. The van der Waals surface area contributed by atoms with Crippen molar-refractivity contribution in [3.05, 3.63) is 0 Å². The zero-order valence-corrected chi connectivity index (χ0v) is 59.3. The van der Waals surface area contributed by atoms with Gasteiger partial charge in [0.1, 0.15) is 0 Å². The van der Waals surface area contributed by atoms with Crippen molar-refractivity contribution in [2.45, 2.75) is 196 Å². The van der Waals surface area contributed by atoms with Gasteiger partial charge in [-0.25, -0.2) is 0 Å². The Kier molecular flexibility index (Phi) is 21.2. The van der Waals surface area contributed by atoms with Crippen LogP contribution in [-0.4, -0.2) is 355 Å². The van der Waals surface area contributed by atoms with Crippen molar-refractivity contribution in [3.63, 3.8) is 0 Å². The maximum Gasteiger partial charge on any atom is 0.351 e. The maximum atomic E-state index is 2.57. The first-order valence-electron chi connectivity index (χ1n) is 33.6. The quantitative estimate of drug-likeness (QED) is 0.313. The molecule has 18 heteroatoms. The summed E-state index contributed by atoms with van der Waals surface area (Å²) in [7, 11) is 13.3. The van der Waals surface area contributed by atoms with Gasteiger partial charge >= 0.3 is 35.8 Å². The van der Waals surface area contributed by atoms with Crippen molar-refractivity contribution in [2.24, 2.45) is 0 Å². The average molecular weight is 1180 g/mol. The minimum Gasteiger partial charge on any atom is -0.267 e. The molecule has 480 valence electrons. The molecule has 0 aliphatic carbocycles. The van der Waals surface area contributed by atoms with Gasteiger partial charge in [0.15, 0.2) is 0 Å². The van der Waals surface area contributed by atoms with Crippen molar-refractivity contribution in [2.75, 3.05) is 199 Å². The fraction of sp³-hybridized carbons (Fsp3) is 0.909. The summed E-state index contributed by atoms with van der Waals surface area (Å²) in [5, 5.41) is 0. The Morgan fingerprint density at radius 1 is 0.190 bits per heavy atom. The predicted octanol–water partition coefficient (Wildman–Crippen LogP) is 4.83. The van der Waals surface area contributed by atoms with E-state index < -0.39 is 0 Å². The zero-order chi connectivity index (χ0) is 62.1. The summed E-state index contributed by atoms with van der Waals surface area (Å²) < 4.78 is 14.4. The monoisotopic (exact) mass is 1180 g/mol. The molecular weight excluding hydrogens is 1040 g/mol. The second-order valence-electron chi connectivity index (χ2n) is 32.3. The lowest BCUT2D eigenvalue weighted by molar-refractivity contribution is -0.516. The average Bonchev–Trinajstić information content (AvgIpc) is 4.43. The summed E-state index contributed by atoms with van der Waals surface area (Å²) in [5.41, 5.74) is 1.55. The van der Waals surface area contributed by atoms with Gasteiger partial charge in [0.25, 0.3) is 0 Å². The van der Waals surface area contributed by atoms with E-state index in [0.717, 1.165) is 0 Å². The van der Waals surface area contributed by atoms with Crippen molar-refractivity contribution in [3.8, 4) is 0 Å². The molecule has 18 nitrogen and oxygen atoms in total. The van der Waals surface area contributed by atoms with Gasteiger partial charge in [0, 0.05) is 38.5 Å². The zero-order valence-electron chi connectivity index (χ0n) is 59.3. The van der Waals surface area contributed by atoms with Crippen LogP contribution in [0.4, 0.5) is 0 Å². The summed E-state index contributed by atoms with van der Waals surface area (Å²) in [6, 6.07) is 0. The Hall–Kier alpha value is -4.38. The maximum absolute atomic E-state index is 2.57. The molecule has 84 heavy (non-hydrogen) atoms. The molecule has 0 atom stereocenters. The number of fused-ring (bicyclic) bond motifs is 6. The van der Waals surface area contributed by atoms with E-state index in [0.29, 0.717) is 0 Å². The van der Waals surface area contributed by atoms with Crippen LogP contribution in [0.3, 0.4) is 0 Å². The van der Waals surface area contributed by atoms with E-state index >= 15 is 0 Å². The molecule has 0 bridgehead atoms. The van der Waals surface area contributed by atoms with Crippen LogP contribution in [0, 0.1) is 0 Å². The summed E-state index contributed by atoms with van der Waals surface area (Å²) in [5.74, 6) is 8.69. The van der Waals surface area contributed by atoms with Gasteiger partial charge in [-0.3, -0.25) is 86.3 Å². The van der Waals surface area contributed by atoms with Crippen molar-refractivity contribution < 1.29 is 27.5 Å². The summed E-state index contributed by atoms with van der Waals surface area (Å²) in [6.45, 7) is 70.4. The van der Waals surface area contributed by atoms with Crippen LogP contribution in [0.15, 0.2) is 0 Å². The van der Waals surface area contributed by atoms with Crippen molar-refractivity contribution in [1.82, 2.24) is 58.8 Å². The topological polar surface area (TPSA) is 56.9 Å². The molecule has 0 aromatic heterocycles. The highest BCUT2D eigenvalue weighted by atomic mass is 15.5. The largest absolute Gasteiger partial charge is 0.351 e. The number of likely N-dealkylation sites (N-methyl/N-ethyl adjacent to an activating group) is 4. The Morgan fingerprint density at radius 3 is 0.571 bits per heavy atom. The van der Waals surface area contributed by atoms with Crippen LogP contribution >= 0.6 is 0 Å². The number of hydrogen-bond acceptors (Lipinski definition) is 12.